The fourth-order valence-electron chi connectivity index (χ4n) is 2.62. The second kappa shape index (κ2) is 5.32. The Labute approximate surface area is 102 Å². The lowest BCUT2D eigenvalue weighted by Crippen LogP contribution is -2.49. The molecule has 0 amide bonds. The lowest BCUT2D eigenvalue weighted by Gasteiger charge is -2.44. The van der Waals surface area contributed by atoms with Gasteiger partial charge in [0.25, 0.3) is 0 Å². The normalized spacial score (nSPS) is 18.6. The molecule has 0 saturated carbocycles. The van der Waals surface area contributed by atoms with E-state index in [1.54, 1.807) is 0 Å². The predicted octanol–water partition coefficient (Wildman–Crippen LogP) is 2.54. The van der Waals surface area contributed by atoms with Crippen LogP contribution in [-0.4, -0.2) is 29.1 Å². The van der Waals surface area contributed by atoms with Crippen molar-refractivity contribution in [1.82, 2.24) is 4.90 Å². The number of carboxylic acids is 1. The summed E-state index contributed by atoms with van der Waals surface area (Å²) >= 11 is 0. The molecule has 1 aromatic carbocycles. The second-order valence-electron chi connectivity index (χ2n) is 4.75. The van der Waals surface area contributed by atoms with Crippen molar-refractivity contribution in [2.75, 3.05) is 13.1 Å². The number of nitrogens with zero attached hydrogens (tertiary/aromatic N) is 1. The van der Waals surface area contributed by atoms with Crippen molar-refractivity contribution in [2.24, 2.45) is 5.92 Å². The largest absolute Gasteiger partial charge is 0.481 e. The standard InChI is InChI=1S/C14H19NO2/c1-2-13(12-6-4-3-5-7-12)15-9-11(10-15)8-14(16)17/h3-7,11,13H,2,8-10H2,1H3,(H,16,17). The maximum atomic E-state index is 10.6. The van der Waals surface area contributed by atoms with Gasteiger partial charge in [0.1, 0.15) is 0 Å². The number of benzene rings is 1. The summed E-state index contributed by atoms with van der Waals surface area (Å²) in [4.78, 5) is 13.0. The summed E-state index contributed by atoms with van der Waals surface area (Å²) in [7, 11) is 0. The van der Waals surface area contributed by atoms with Crippen LogP contribution < -0.4 is 0 Å². The van der Waals surface area contributed by atoms with Crippen LogP contribution in [-0.2, 0) is 4.79 Å². The zero-order valence-electron chi connectivity index (χ0n) is 10.2. The molecule has 0 aliphatic carbocycles. The summed E-state index contributed by atoms with van der Waals surface area (Å²) in [5, 5.41) is 8.73. The van der Waals surface area contributed by atoms with Crippen LogP contribution in [0.4, 0.5) is 0 Å². The van der Waals surface area contributed by atoms with Crippen LogP contribution in [0.1, 0.15) is 31.4 Å². The van der Waals surface area contributed by atoms with Crippen molar-refractivity contribution in [3.05, 3.63) is 35.9 Å². The van der Waals surface area contributed by atoms with Gasteiger partial charge in [-0.25, -0.2) is 0 Å². The van der Waals surface area contributed by atoms with Crippen LogP contribution in [0.25, 0.3) is 0 Å². The molecule has 0 radical (unpaired) electrons. The molecule has 1 saturated heterocycles. The summed E-state index contributed by atoms with van der Waals surface area (Å²) < 4.78 is 0. The van der Waals surface area contributed by atoms with Crippen molar-refractivity contribution >= 4 is 5.97 Å². The third-order valence-corrected chi connectivity index (χ3v) is 3.46. The number of hydrogen-bond acceptors (Lipinski definition) is 2. The first-order valence-electron chi connectivity index (χ1n) is 6.21. The molecule has 0 aromatic heterocycles. The van der Waals surface area contributed by atoms with Crippen LogP contribution in [0.3, 0.4) is 0 Å². The molecule has 1 N–H and O–H groups in total. The molecule has 1 aliphatic rings. The van der Waals surface area contributed by atoms with E-state index in [4.69, 9.17) is 5.11 Å². The molecule has 0 bridgehead atoms. The second-order valence-corrected chi connectivity index (χ2v) is 4.75. The summed E-state index contributed by atoms with van der Waals surface area (Å²) in [5.41, 5.74) is 1.34. The quantitative estimate of drug-likeness (QED) is 0.849. The Balaban J connectivity index is 1.92. The summed E-state index contributed by atoms with van der Waals surface area (Å²) in [6.07, 6.45) is 1.38. The number of carbonyl (C=O) groups is 1. The summed E-state index contributed by atoms with van der Waals surface area (Å²) in [5.74, 6) is -0.340. The van der Waals surface area contributed by atoms with E-state index in [-0.39, 0.29) is 0 Å². The van der Waals surface area contributed by atoms with Gasteiger partial charge < -0.3 is 5.11 Å². The molecule has 3 nitrogen and oxygen atoms in total. The topological polar surface area (TPSA) is 40.5 Å². The van der Waals surface area contributed by atoms with Gasteiger partial charge >= 0.3 is 5.97 Å². The third-order valence-electron chi connectivity index (χ3n) is 3.46. The monoisotopic (exact) mass is 233 g/mol. The SMILES string of the molecule is CCC(c1ccccc1)N1CC(CC(=O)O)C1. The zero-order valence-corrected chi connectivity index (χ0v) is 10.2. The molecule has 1 aromatic rings. The Bertz CT molecular complexity index is 371. The van der Waals surface area contributed by atoms with Gasteiger partial charge in [0.2, 0.25) is 0 Å². The first-order chi connectivity index (χ1) is 8.20. The Hall–Kier alpha value is -1.35. The van der Waals surface area contributed by atoms with E-state index in [0.29, 0.717) is 18.4 Å². The van der Waals surface area contributed by atoms with E-state index in [9.17, 15) is 4.79 Å². The molecule has 1 atom stereocenters. The van der Waals surface area contributed by atoms with E-state index >= 15 is 0 Å². The van der Waals surface area contributed by atoms with Crippen molar-refractivity contribution in [3.63, 3.8) is 0 Å². The fraction of sp³-hybridized carbons (Fsp3) is 0.500. The van der Waals surface area contributed by atoms with E-state index in [2.05, 4.69) is 36.1 Å². The van der Waals surface area contributed by atoms with Gasteiger partial charge in [0, 0.05) is 19.1 Å². The van der Waals surface area contributed by atoms with Crippen LogP contribution >= 0.6 is 0 Å². The Morgan fingerprint density at radius 1 is 1.41 bits per heavy atom. The predicted molar refractivity (Wildman–Crippen MR) is 66.8 cm³/mol. The first kappa shape index (κ1) is 12.1. The number of carboxylic acid groups (broad SMARTS) is 1. The van der Waals surface area contributed by atoms with Crippen LogP contribution in [0.2, 0.25) is 0 Å². The highest BCUT2D eigenvalue weighted by molar-refractivity contribution is 5.67. The molecule has 1 unspecified atom stereocenters. The van der Waals surface area contributed by atoms with Crippen molar-refractivity contribution < 1.29 is 9.90 Å². The van der Waals surface area contributed by atoms with Gasteiger partial charge in [-0.3, -0.25) is 9.69 Å². The lowest BCUT2D eigenvalue weighted by molar-refractivity contribution is -0.139. The molecule has 2 rings (SSSR count). The minimum atomic E-state index is -0.678. The van der Waals surface area contributed by atoms with E-state index in [0.717, 1.165) is 19.5 Å². The lowest BCUT2D eigenvalue weighted by atomic mass is 9.91. The molecule has 1 aliphatic heterocycles. The highest BCUT2D eigenvalue weighted by Crippen LogP contribution is 2.32. The first-order valence-corrected chi connectivity index (χ1v) is 6.21. The van der Waals surface area contributed by atoms with Gasteiger partial charge in [-0.15, -0.1) is 0 Å². The summed E-state index contributed by atoms with van der Waals surface area (Å²) in [6.45, 7) is 4.02. The summed E-state index contributed by atoms with van der Waals surface area (Å²) in [6, 6.07) is 10.9. The van der Waals surface area contributed by atoms with Crippen LogP contribution in [0.15, 0.2) is 30.3 Å². The average Bonchev–Trinajstić information content (AvgIpc) is 2.27. The number of hydrogen-bond donors (Lipinski definition) is 1. The molecule has 0 spiro atoms. The maximum Gasteiger partial charge on any atom is 0.303 e. The number of likely N-dealkylation sites (tertiary alicyclic amines) is 1. The maximum absolute atomic E-state index is 10.6. The van der Waals surface area contributed by atoms with Crippen LogP contribution in [0.5, 0.6) is 0 Å². The molecule has 3 heteroatoms. The third kappa shape index (κ3) is 2.86. The highest BCUT2D eigenvalue weighted by Gasteiger charge is 2.33. The van der Waals surface area contributed by atoms with E-state index in [1.807, 2.05) is 6.07 Å². The highest BCUT2D eigenvalue weighted by atomic mass is 16.4. The van der Waals surface area contributed by atoms with Crippen LogP contribution in [0, 0.1) is 5.92 Å². The molecule has 17 heavy (non-hydrogen) atoms. The van der Waals surface area contributed by atoms with Gasteiger partial charge in [0.05, 0.1) is 6.42 Å². The van der Waals surface area contributed by atoms with Crippen molar-refractivity contribution in [2.45, 2.75) is 25.8 Å². The Morgan fingerprint density at radius 2 is 2.06 bits per heavy atom. The molecular formula is C14H19NO2. The molecule has 92 valence electrons. The molecule has 1 fully saturated rings. The van der Waals surface area contributed by atoms with Gasteiger partial charge in [-0.2, -0.15) is 0 Å². The molecule has 1 heterocycles. The van der Waals surface area contributed by atoms with Crippen molar-refractivity contribution in [1.29, 1.82) is 0 Å². The fourth-order valence-corrected chi connectivity index (χ4v) is 2.62. The van der Waals surface area contributed by atoms with Gasteiger partial charge in [-0.1, -0.05) is 37.3 Å². The number of rotatable bonds is 5. The van der Waals surface area contributed by atoms with E-state index in [1.165, 1.54) is 5.56 Å². The number of aliphatic carboxylic acids is 1. The Kier molecular flexibility index (Phi) is 3.79. The molecular weight excluding hydrogens is 214 g/mol. The van der Waals surface area contributed by atoms with E-state index < -0.39 is 5.97 Å². The van der Waals surface area contributed by atoms with Gasteiger partial charge in [0.15, 0.2) is 0 Å². The average molecular weight is 233 g/mol. The van der Waals surface area contributed by atoms with Crippen molar-refractivity contribution in [3.8, 4) is 0 Å². The smallest absolute Gasteiger partial charge is 0.303 e. The van der Waals surface area contributed by atoms with Gasteiger partial charge in [-0.05, 0) is 17.9 Å². The Morgan fingerprint density at radius 3 is 2.59 bits per heavy atom. The zero-order chi connectivity index (χ0) is 12.3. The minimum Gasteiger partial charge on any atom is -0.481 e. The minimum absolute atomic E-state index is 0.307.